The largest absolute Gasteiger partial charge is 0.396 e. The third kappa shape index (κ3) is 2.46. The summed E-state index contributed by atoms with van der Waals surface area (Å²) in [7, 11) is 0. The average molecular weight is 204 g/mol. The van der Waals surface area contributed by atoms with Crippen LogP contribution in [-0.4, -0.2) is 18.3 Å². The molecule has 1 aromatic rings. The summed E-state index contributed by atoms with van der Waals surface area (Å²) < 4.78 is 5.74. The van der Waals surface area contributed by atoms with Crippen LogP contribution in [0.4, 0.5) is 0 Å². The molecule has 1 aliphatic rings. The van der Waals surface area contributed by atoms with Gasteiger partial charge in [0.25, 0.3) is 0 Å². The molecule has 0 spiro atoms. The minimum atomic E-state index is 0.165. The van der Waals surface area contributed by atoms with Gasteiger partial charge in [-0.15, -0.1) is 0 Å². The first-order chi connectivity index (χ1) is 7.42. The Morgan fingerprint density at radius 3 is 3.07 bits per heavy atom. The van der Waals surface area contributed by atoms with Gasteiger partial charge in [-0.2, -0.15) is 0 Å². The molecular weight excluding hydrogens is 188 g/mol. The number of aliphatic hydroxyl groups is 1. The van der Waals surface area contributed by atoms with Gasteiger partial charge in [-0.3, -0.25) is 0 Å². The summed E-state index contributed by atoms with van der Waals surface area (Å²) in [5.74, 6) is 0. The van der Waals surface area contributed by atoms with Crippen molar-refractivity contribution in [1.82, 2.24) is 0 Å². The van der Waals surface area contributed by atoms with Crippen LogP contribution in [0.5, 0.6) is 0 Å². The van der Waals surface area contributed by atoms with Gasteiger partial charge in [0, 0.05) is 13.2 Å². The topological polar surface area (TPSA) is 29.5 Å². The number of benzene rings is 1. The Kier molecular flexibility index (Phi) is 3.54. The zero-order valence-corrected chi connectivity index (χ0v) is 8.73. The summed E-state index contributed by atoms with van der Waals surface area (Å²) in [6.45, 7) is 0.827. The Bertz CT molecular complexity index is 344. The van der Waals surface area contributed by atoms with Crippen molar-refractivity contribution >= 4 is 6.08 Å². The van der Waals surface area contributed by atoms with E-state index in [2.05, 4.69) is 24.3 Å². The van der Waals surface area contributed by atoms with E-state index < -0.39 is 0 Å². The van der Waals surface area contributed by atoms with Gasteiger partial charge in [0.15, 0.2) is 0 Å². The summed E-state index contributed by atoms with van der Waals surface area (Å²) in [6.07, 6.45) is 6.09. The molecule has 0 amide bonds. The summed E-state index contributed by atoms with van der Waals surface area (Å²) in [6, 6.07) is 8.30. The van der Waals surface area contributed by atoms with E-state index in [0.717, 1.165) is 6.42 Å². The van der Waals surface area contributed by atoms with Crippen LogP contribution in [0.2, 0.25) is 0 Å². The highest BCUT2D eigenvalue weighted by molar-refractivity contribution is 5.56. The monoisotopic (exact) mass is 204 g/mol. The molecule has 0 saturated carbocycles. The van der Waals surface area contributed by atoms with E-state index in [0.29, 0.717) is 13.0 Å². The van der Waals surface area contributed by atoms with E-state index in [1.807, 2.05) is 12.1 Å². The zero-order chi connectivity index (χ0) is 10.5. The van der Waals surface area contributed by atoms with E-state index >= 15 is 0 Å². The lowest BCUT2D eigenvalue weighted by Gasteiger charge is -2.21. The van der Waals surface area contributed by atoms with Crippen molar-refractivity contribution in [2.45, 2.75) is 18.9 Å². The van der Waals surface area contributed by atoms with Gasteiger partial charge in [-0.1, -0.05) is 36.4 Å². The van der Waals surface area contributed by atoms with Crippen molar-refractivity contribution in [3.05, 3.63) is 41.5 Å². The lowest BCUT2D eigenvalue weighted by Crippen LogP contribution is -2.09. The maximum atomic E-state index is 8.70. The highest BCUT2D eigenvalue weighted by Gasteiger charge is 2.16. The van der Waals surface area contributed by atoms with E-state index in [1.165, 1.54) is 11.1 Å². The molecule has 1 unspecified atom stereocenters. The number of ether oxygens (including phenoxy) is 1. The summed E-state index contributed by atoms with van der Waals surface area (Å²) in [4.78, 5) is 0. The lowest BCUT2D eigenvalue weighted by atomic mass is 9.95. The van der Waals surface area contributed by atoms with Crippen LogP contribution in [0, 0.1) is 0 Å². The van der Waals surface area contributed by atoms with E-state index in [9.17, 15) is 0 Å². The highest BCUT2D eigenvalue weighted by atomic mass is 16.5. The van der Waals surface area contributed by atoms with Gasteiger partial charge in [0.05, 0.1) is 6.10 Å². The van der Waals surface area contributed by atoms with Crippen LogP contribution in [-0.2, 0) is 4.74 Å². The maximum Gasteiger partial charge on any atom is 0.0865 e. The average Bonchev–Trinajstić information content (AvgIpc) is 2.30. The third-order valence-electron chi connectivity index (χ3n) is 2.61. The minimum Gasteiger partial charge on any atom is -0.396 e. The molecular formula is C13H16O2. The summed E-state index contributed by atoms with van der Waals surface area (Å²) >= 11 is 0. The van der Waals surface area contributed by atoms with Crippen molar-refractivity contribution < 1.29 is 9.84 Å². The second-order valence-electron chi connectivity index (χ2n) is 3.70. The molecule has 2 rings (SSSR count). The van der Waals surface area contributed by atoms with Gasteiger partial charge in [-0.25, -0.2) is 0 Å². The van der Waals surface area contributed by atoms with Crippen molar-refractivity contribution in [2.75, 3.05) is 13.2 Å². The standard InChI is InChI=1S/C13H16O2/c14-9-4-10-15-13-8-3-6-11-5-1-2-7-12(11)13/h1-3,5-7,13-14H,4,8-10H2. The number of fused-ring (bicyclic) bond motifs is 1. The first-order valence-electron chi connectivity index (χ1n) is 5.40. The quantitative estimate of drug-likeness (QED) is 0.764. The van der Waals surface area contributed by atoms with E-state index in [4.69, 9.17) is 9.84 Å². The fraction of sp³-hybridized carbons (Fsp3) is 0.385. The molecule has 0 aliphatic heterocycles. The minimum absolute atomic E-state index is 0.165. The van der Waals surface area contributed by atoms with Crippen LogP contribution < -0.4 is 0 Å². The molecule has 1 N–H and O–H groups in total. The van der Waals surface area contributed by atoms with Crippen molar-refractivity contribution in [3.63, 3.8) is 0 Å². The molecule has 0 aromatic heterocycles. The van der Waals surface area contributed by atoms with Crippen LogP contribution in [0.3, 0.4) is 0 Å². The first-order valence-corrected chi connectivity index (χ1v) is 5.40. The Labute approximate surface area is 90.2 Å². The molecule has 1 atom stereocenters. The highest BCUT2D eigenvalue weighted by Crippen LogP contribution is 2.30. The Balaban J connectivity index is 2.05. The van der Waals surface area contributed by atoms with E-state index in [-0.39, 0.29) is 12.7 Å². The maximum absolute atomic E-state index is 8.70. The predicted octanol–water partition coefficient (Wildman–Crippen LogP) is 2.54. The lowest BCUT2D eigenvalue weighted by molar-refractivity contribution is 0.0444. The van der Waals surface area contributed by atoms with Gasteiger partial charge < -0.3 is 9.84 Å². The summed E-state index contributed by atoms with van der Waals surface area (Å²) in [5, 5.41) is 8.70. The SMILES string of the molecule is OCCCOC1CC=Cc2ccccc21. The molecule has 0 radical (unpaired) electrons. The Morgan fingerprint density at radius 2 is 2.20 bits per heavy atom. The number of hydrogen-bond donors (Lipinski definition) is 1. The van der Waals surface area contributed by atoms with Crippen molar-refractivity contribution in [1.29, 1.82) is 0 Å². The molecule has 0 heterocycles. The fourth-order valence-corrected chi connectivity index (χ4v) is 1.85. The zero-order valence-electron chi connectivity index (χ0n) is 8.73. The molecule has 1 aromatic carbocycles. The molecule has 1 aliphatic carbocycles. The normalized spacial score (nSPS) is 18.9. The Hall–Kier alpha value is -1.12. The van der Waals surface area contributed by atoms with Gasteiger partial charge in [0.2, 0.25) is 0 Å². The van der Waals surface area contributed by atoms with Gasteiger partial charge in [0.1, 0.15) is 0 Å². The summed E-state index contributed by atoms with van der Waals surface area (Å²) in [5.41, 5.74) is 2.51. The number of rotatable bonds is 4. The molecule has 15 heavy (non-hydrogen) atoms. The smallest absolute Gasteiger partial charge is 0.0865 e. The molecule has 80 valence electrons. The fourth-order valence-electron chi connectivity index (χ4n) is 1.85. The number of aliphatic hydroxyl groups excluding tert-OH is 1. The molecule has 0 bridgehead atoms. The second kappa shape index (κ2) is 5.10. The predicted molar refractivity (Wildman–Crippen MR) is 60.5 cm³/mol. The second-order valence-corrected chi connectivity index (χ2v) is 3.70. The van der Waals surface area contributed by atoms with Crippen LogP contribution >= 0.6 is 0 Å². The third-order valence-corrected chi connectivity index (χ3v) is 2.61. The van der Waals surface area contributed by atoms with E-state index in [1.54, 1.807) is 0 Å². The van der Waals surface area contributed by atoms with Crippen LogP contribution in [0.25, 0.3) is 6.08 Å². The number of hydrogen-bond acceptors (Lipinski definition) is 2. The Morgan fingerprint density at radius 1 is 1.33 bits per heavy atom. The molecule has 2 heteroatoms. The molecule has 0 fully saturated rings. The molecule has 2 nitrogen and oxygen atoms in total. The molecule has 0 saturated heterocycles. The van der Waals surface area contributed by atoms with Crippen molar-refractivity contribution in [3.8, 4) is 0 Å². The van der Waals surface area contributed by atoms with Crippen LogP contribution in [0.15, 0.2) is 30.3 Å². The van der Waals surface area contributed by atoms with Crippen LogP contribution in [0.1, 0.15) is 30.1 Å². The van der Waals surface area contributed by atoms with Crippen molar-refractivity contribution in [2.24, 2.45) is 0 Å². The van der Waals surface area contributed by atoms with Gasteiger partial charge in [-0.05, 0) is 24.0 Å². The first kappa shape index (κ1) is 10.4. The van der Waals surface area contributed by atoms with Gasteiger partial charge >= 0.3 is 0 Å².